The molecule has 1 fully saturated rings. The number of methoxy groups -OCH3 is 1. The molecule has 1 aliphatic rings. The van der Waals surface area contributed by atoms with Gasteiger partial charge in [0.15, 0.2) is 5.65 Å². The maximum atomic E-state index is 5.23. The Balaban J connectivity index is 1.85. The molecule has 1 aliphatic carbocycles. The zero-order valence-electron chi connectivity index (χ0n) is 12.0. The number of ether oxygens (including phenoxy) is 1. The number of aromatic amines is 1. The molecule has 2 aromatic heterocycles. The first kappa shape index (κ1) is 12.4. The second-order valence-electron chi connectivity index (χ2n) is 5.61. The molecule has 106 valence electrons. The Morgan fingerprint density at radius 3 is 2.62 bits per heavy atom. The average molecular weight is 279 g/mol. The smallest absolute Gasteiger partial charge is 0.156 e. The van der Waals surface area contributed by atoms with Crippen molar-refractivity contribution >= 4 is 11.2 Å². The van der Waals surface area contributed by atoms with E-state index in [1.807, 2.05) is 12.1 Å². The fourth-order valence-electron chi connectivity index (χ4n) is 2.78. The summed E-state index contributed by atoms with van der Waals surface area (Å²) in [6, 6.07) is 8.14. The van der Waals surface area contributed by atoms with Gasteiger partial charge >= 0.3 is 0 Å². The third-order valence-corrected chi connectivity index (χ3v) is 4.10. The Labute approximate surface area is 123 Å². The predicted molar refractivity (Wildman–Crippen MR) is 82.3 cm³/mol. The van der Waals surface area contributed by atoms with Crippen molar-refractivity contribution < 1.29 is 4.74 Å². The first-order chi connectivity index (χ1) is 10.3. The van der Waals surface area contributed by atoms with Crippen LogP contribution in [0.15, 0.2) is 36.7 Å². The van der Waals surface area contributed by atoms with Crippen molar-refractivity contribution in [1.29, 1.82) is 0 Å². The summed E-state index contributed by atoms with van der Waals surface area (Å²) in [5, 5.41) is 0. The van der Waals surface area contributed by atoms with Gasteiger partial charge in [0.05, 0.1) is 12.8 Å². The van der Waals surface area contributed by atoms with Crippen LogP contribution in [0.4, 0.5) is 0 Å². The summed E-state index contributed by atoms with van der Waals surface area (Å²) in [5.41, 5.74) is 5.48. The van der Waals surface area contributed by atoms with Crippen LogP contribution in [0.3, 0.4) is 0 Å². The Bertz CT molecular complexity index is 772. The van der Waals surface area contributed by atoms with Crippen LogP contribution in [-0.4, -0.2) is 22.1 Å². The van der Waals surface area contributed by atoms with Gasteiger partial charge in [-0.05, 0) is 55.0 Å². The summed E-state index contributed by atoms with van der Waals surface area (Å²) in [7, 11) is 1.68. The highest BCUT2D eigenvalue weighted by Crippen LogP contribution is 2.38. The Morgan fingerprint density at radius 2 is 1.90 bits per heavy atom. The van der Waals surface area contributed by atoms with Crippen molar-refractivity contribution in [2.75, 3.05) is 7.11 Å². The Kier molecular flexibility index (Phi) is 2.88. The fourth-order valence-corrected chi connectivity index (χ4v) is 2.78. The molecule has 4 rings (SSSR count). The standard InChI is InChI=1S/C17H17N3O/c1-21-13-6-4-12(5-7-13)15-14(10-11-2-3-11)16-17(20-15)19-9-8-18-16/h4-9,11H,2-3,10H2,1H3,(H,19,20). The van der Waals surface area contributed by atoms with Gasteiger partial charge in [0, 0.05) is 18.0 Å². The molecule has 0 saturated heterocycles. The number of hydrogen-bond acceptors (Lipinski definition) is 3. The number of rotatable bonds is 4. The van der Waals surface area contributed by atoms with Gasteiger partial charge < -0.3 is 9.72 Å². The molecule has 0 amide bonds. The SMILES string of the molecule is COc1ccc(-c2[nH]c3nccnc3c2CC2CC2)cc1. The zero-order chi connectivity index (χ0) is 14.2. The molecule has 1 saturated carbocycles. The minimum absolute atomic E-state index is 0.808. The van der Waals surface area contributed by atoms with Crippen molar-refractivity contribution in [3.63, 3.8) is 0 Å². The number of benzene rings is 1. The van der Waals surface area contributed by atoms with Crippen molar-refractivity contribution in [3.8, 4) is 17.0 Å². The van der Waals surface area contributed by atoms with Gasteiger partial charge in [-0.25, -0.2) is 4.98 Å². The van der Waals surface area contributed by atoms with E-state index in [0.717, 1.165) is 40.5 Å². The monoisotopic (exact) mass is 279 g/mol. The number of nitrogens with one attached hydrogen (secondary N) is 1. The molecule has 3 aromatic rings. The molecular weight excluding hydrogens is 262 g/mol. The molecule has 21 heavy (non-hydrogen) atoms. The summed E-state index contributed by atoms with van der Waals surface area (Å²) >= 11 is 0. The average Bonchev–Trinajstić information content (AvgIpc) is 3.28. The van der Waals surface area contributed by atoms with Gasteiger partial charge in [0.1, 0.15) is 11.3 Å². The molecule has 0 bridgehead atoms. The lowest BCUT2D eigenvalue weighted by molar-refractivity contribution is 0.415. The molecule has 0 radical (unpaired) electrons. The largest absolute Gasteiger partial charge is 0.497 e. The lowest BCUT2D eigenvalue weighted by Crippen LogP contribution is -1.91. The van der Waals surface area contributed by atoms with Gasteiger partial charge in [-0.15, -0.1) is 0 Å². The number of aromatic nitrogens is 3. The Hall–Kier alpha value is -2.36. The van der Waals surface area contributed by atoms with E-state index in [2.05, 4.69) is 27.1 Å². The highest BCUT2D eigenvalue weighted by molar-refractivity contribution is 5.85. The fraction of sp³-hybridized carbons (Fsp3) is 0.294. The topological polar surface area (TPSA) is 50.8 Å². The van der Waals surface area contributed by atoms with Gasteiger partial charge in [0.25, 0.3) is 0 Å². The lowest BCUT2D eigenvalue weighted by Gasteiger charge is -2.05. The zero-order valence-corrected chi connectivity index (χ0v) is 12.0. The van der Waals surface area contributed by atoms with E-state index in [1.165, 1.54) is 18.4 Å². The normalized spacial score (nSPS) is 14.5. The van der Waals surface area contributed by atoms with E-state index in [9.17, 15) is 0 Å². The van der Waals surface area contributed by atoms with Crippen molar-refractivity contribution in [2.45, 2.75) is 19.3 Å². The van der Waals surface area contributed by atoms with E-state index in [-0.39, 0.29) is 0 Å². The van der Waals surface area contributed by atoms with Crippen LogP contribution in [0.2, 0.25) is 0 Å². The van der Waals surface area contributed by atoms with Crippen molar-refractivity contribution in [3.05, 3.63) is 42.2 Å². The summed E-state index contributed by atoms with van der Waals surface area (Å²) in [5.74, 6) is 1.68. The van der Waals surface area contributed by atoms with Crippen molar-refractivity contribution in [1.82, 2.24) is 15.0 Å². The van der Waals surface area contributed by atoms with Crippen molar-refractivity contribution in [2.24, 2.45) is 5.92 Å². The van der Waals surface area contributed by atoms with Crippen LogP contribution in [-0.2, 0) is 6.42 Å². The lowest BCUT2D eigenvalue weighted by atomic mass is 10.0. The third-order valence-electron chi connectivity index (χ3n) is 4.10. The number of H-pyrrole nitrogens is 1. The summed E-state index contributed by atoms with van der Waals surface area (Å²) in [6.07, 6.45) is 7.24. The van der Waals surface area contributed by atoms with Crippen LogP contribution in [0.25, 0.3) is 22.4 Å². The first-order valence-electron chi connectivity index (χ1n) is 7.31. The molecule has 1 aromatic carbocycles. The van der Waals surface area contributed by atoms with Crippen LogP contribution in [0.1, 0.15) is 18.4 Å². The number of fused-ring (bicyclic) bond motifs is 1. The van der Waals surface area contributed by atoms with Crippen LogP contribution in [0.5, 0.6) is 5.75 Å². The molecular formula is C17H17N3O. The summed E-state index contributed by atoms with van der Waals surface area (Å²) < 4.78 is 5.23. The molecule has 0 aliphatic heterocycles. The second kappa shape index (κ2) is 4.88. The van der Waals surface area contributed by atoms with E-state index >= 15 is 0 Å². The molecule has 0 atom stereocenters. The quantitative estimate of drug-likeness (QED) is 0.794. The minimum Gasteiger partial charge on any atom is -0.497 e. The summed E-state index contributed by atoms with van der Waals surface area (Å²) in [4.78, 5) is 12.4. The molecule has 4 heteroatoms. The van der Waals surface area contributed by atoms with Gasteiger partial charge in [-0.1, -0.05) is 0 Å². The predicted octanol–water partition coefficient (Wildman–Crippen LogP) is 3.59. The third kappa shape index (κ3) is 2.27. The van der Waals surface area contributed by atoms with Crippen LogP contribution >= 0.6 is 0 Å². The van der Waals surface area contributed by atoms with E-state index in [0.29, 0.717) is 0 Å². The van der Waals surface area contributed by atoms with Crippen LogP contribution < -0.4 is 4.74 Å². The molecule has 0 unspecified atom stereocenters. The molecule has 1 N–H and O–H groups in total. The van der Waals surface area contributed by atoms with E-state index < -0.39 is 0 Å². The van der Waals surface area contributed by atoms with Gasteiger partial charge in [-0.2, -0.15) is 0 Å². The molecule has 0 spiro atoms. The highest BCUT2D eigenvalue weighted by atomic mass is 16.5. The summed E-state index contributed by atoms with van der Waals surface area (Å²) in [6.45, 7) is 0. The first-order valence-corrected chi connectivity index (χ1v) is 7.31. The molecule has 2 heterocycles. The maximum absolute atomic E-state index is 5.23. The minimum atomic E-state index is 0.808. The number of hydrogen-bond donors (Lipinski definition) is 1. The van der Waals surface area contributed by atoms with E-state index in [4.69, 9.17) is 4.74 Å². The molecule has 4 nitrogen and oxygen atoms in total. The second-order valence-corrected chi connectivity index (χ2v) is 5.61. The Morgan fingerprint density at radius 1 is 1.14 bits per heavy atom. The van der Waals surface area contributed by atoms with E-state index in [1.54, 1.807) is 19.5 Å². The highest BCUT2D eigenvalue weighted by Gasteiger charge is 2.26. The van der Waals surface area contributed by atoms with Crippen LogP contribution in [0, 0.1) is 5.92 Å². The maximum Gasteiger partial charge on any atom is 0.156 e. The van der Waals surface area contributed by atoms with Gasteiger partial charge in [0.2, 0.25) is 0 Å². The van der Waals surface area contributed by atoms with Gasteiger partial charge in [-0.3, -0.25) is 4.98 Å². The number of nitrogens with zero attached hydrogens (tertiary/aromatic N) is 2.